The Morgan fingerprint density at radius 3 is 1.94 bits per heavy atom. The molecular weight excluding hydrogens is 461 g/mol. The summed E-state index contributed by atoms with van der Waals surface area (Å²) in [6, 6.07) is 26.0. The van der Waals surface area contributed by atoms with Crippen molar-refractivity contribution >= 4 is 46.4 Å². The summed E-state index contributed by atoms with van der Waals surface area (Å²) in [7, 11) is 0. The fraction of sp³-hybridized carbons (Fsp3) is 0.200. The summed E-state index contributed by atoms with van der Waals surface area (Å²) >= 11 is 17.6. The standard InChI is InChI=1S/C25H23Cl2N3OS/c26-20-11-12-21(22(27)17-20)24(31)28-25(32)30-15-13-29(14-16-30)23(18-7-3-1-4-8-18)19-9-5-2-6-10-19/h1-12,17,23H,13-16H2,(H,28,31,32). The van der Waals surface area contributed by atoms with Crippen LogP contribution in [0.1, 0.15) is 27.5 Å². The van der Waals surface area contributed by atoms with E-state index in [-0.39, 0.29) is 11.9 Å². The molecule has 1 N–H and O–H groups in total. The molecule has 1 aliphatic rings. The van der Waals surface area contributed by atoms with Crippen LogP contribution in [0.4, 0.5) is 0 Å². The predicted molar refractivity (Wildman–Crippen MR) is 134 cm³/mol. The Bertz CT molecular complexity index is 1050. The van der Waals surface area contributed by atoms with Gasteiger partial charge >= 0.3 is 0 Å². The molecule has 3 aromatic rings. The maximum Gasteiger partial charge on any atom is 0.258 e. The fourth-order valence-electron chi connectivity index (χ4n) is 3.99. The summed E-state index contributed by atoms with van der Waals surface area (Å²) < 4.78 is 0. The largest absolute Gasteiger partial charge is 0.346 e. The highest BCUT2D eigenvalue weighted by molar-refractivity contribution is 7.80. The van der Waals surface area contributed by atoms with E-state index < -0.39 is 0 Å². The molecule has 4 nitrogen and oxygen atoms in total. The van der Waals surface area contributed by atoms with Gasteiger partial charge in [0.1, 0.15) is 0 Å². The van der Waals surface area contributed by atoms with E-state index in [2.05, 4.69) is 58.7 Å². The van der Waals surface area contributed by atoms with Crippen molar-refractivity contribution in [1.82, 2.24) is 15.1 Å². The van der Waals surface area contributed by atoms with Crippen LogP contribution in [0.2, 0.25) is 10.0 Å². The Balaban J connectivity index is 1.42. The number of carbonyl (C=O) groups is 1. The molecule has 7 heteroatoms. The summed E-state index contributed by atoms with van der Waals surface area (Å²) in [6.07, 6.45) is 0. The van der Waals surface area contributed by atoms with Crippen molar-refractivity contribution in [2.24, 2.45) is 0 Å². The first kappa shape index (κ1) is 22.7. The number of benzene rings is 3. The molecule has 32 heavy (non-hydrogen) atoms. The highest BCUT2D eigenvalue weighted by Crippen LogP contribution is 2.29. The number of rotatable bonds is 4. The van der Waals surface area contributed by atoms with Crippen molar-refractivity contribution in [3.63, 3.8) is 0 Å². The molecule has 0 atom stereocenters. The zero-order chi connectivity index (χ0) is 22.5. The zero-order valence-corrected chi connectivity index (χ0v) is 19.7. The number of hydrogen-bond donors (Lipinski definition) is 1. The number of nitrogens with one attached hydrogen (secondary N) is 1. The van der Waals surface area contributed by atoms with Crippen LogP contribution in [0.25, 0.3) is 0 Å². The summed E-state index contributed by atoms with van der Waals surface area (Å²) in [6.45, 7) is 3.10. The van der Waals surface area contributed by atoms with E-state index in [9.17, 15) is 4.79 Å². The smallest absolute Gasteiger partial charge is 0.258 e. The first-order valence-corrected chi connectivity index (χ1v) is 11.6. The topological polar surface area (TPSA) is 35.6 Å². The van der Waals surface area contributed by atoms with Gasteiger partial charge in [0.05, 0.1) is 16.6 Å². The monoisotopic (exact) mass is 483 g/mol. The Hall–Kier alpha value is -2.44. The Kier molecular flexibility index (Phi) is 7.43. The zero-order valence-electron chi connectivity index (χ0n) is 17.4. The molecule has 1 aliphatic heterocycles. The summed E-state index contributed by atoms with van der Waals surface area (Å²) in [5, 5.41) is 4.00. The lowest BCUT2D eigenvalue weighted by atomic mass is 9.96. The molecule has 0 saturated carbocycles. The number of amides is 1. The molecule has 0 radical (unpaired) electrons. The molecule has 1 saturated heterocycles. The van der Waals surface area contributed by atoms with Crippen LogP contribution in [0, 0.1) is 0 Å². The van der Waals surface area contributed by atoms with Crippen LogP contribution >= 0.6 is 35.4 Å². The van der Waals surface area contributed by atoms with Crippen molar-refractivity contribution in [2.75, 3.05) is 26.2 Å². The van der Waals surface area contributed by atoms with Gasteiger partial charge < -0.3 is 4.90 Å². The van der Waals surface area contributed by atoms with Gasteiger partial charge in [0, 0.05) is 31.2 Å². The molecule has 0 unspecified atom stereocenters. The molecule has 4 rings (SSSR count). The van der Waals surface area contributed by atoms with Crippen molar-refractivity contribution in [2.45, 2.75) is 6.04 Å². The lowest BCUT2D eigenvalue weighted by molar-refractivity contribution is 0.0967. The normalized spacial score (nSPS) is 14.4. The third-order valence-electron chi connectivity index (χ3n) is 5.59. The minimum absolute atomic E-state index is 0.176. The van der Waals surface area contributed by atoms with E-state index in [1.807, 2.05) is 17.0 Å². The minimum atomic E-state index is -0.328. The van der Waals surface area contributed by atoms with E-state index in [1.54, 1.807) is 18.2 Å². The van der Waals surface area contributed by atoms with Crippen LogP contribution in [0.3, 0.4) is 0 Å². The summed E-state index contributed by atoms with van der Waals surface area (Å²) in [4.78, 5) is 17.1. The molecule has 3 aromatic carbocycles. The lowest BCUT2D eigenvalue weighted by Crippen LogP contribution is -2.53. The second-order valence-electron chi connectivity index (χ2n) is 7.63. The van der Waals surface area contributed by atoms with Crippen LogP contribution in [-0.4, -0.2) is 47.0 Å². The molecule has 0 bridgehead atoms. The number of nitrogens with zero attached hydrogens (tertiary/aromatic N) is 2. The average molecular weight is 484 g/mol. The number of halogens is 2. The van der Waals surface area contributed by atoms with Crippen molar-refractivity contribution in [1.29, 1.82) is 0 Å². The number of thiocarbonyl (C=S) groups is 1. The first-order chi connectivity index (χ1) is 15.5. The van der Waals surface area contributed by atoms with E-state index in [0.29, 0.717) is 20.7 Å². The van der Waals surface area contributed by atoms with E-state index in [1.165, 1.54) is 11.1 Å². The summed E-state index contributed by atoms with van der Waals surface area (Å²) in [5.41, 5.74) is 2.88. The highest BCUT2D eigenvalue weighted by Gasteiger charge is 2.27. The van der Waals surface area contributed by atoms with Gasteiger partial charge in [0.2, 0.25) is 0 Å². The molecule has 0 aliphatic carbocycles. The van der Waals surface area contributed by atoms with Gasteiger partial charge in [-0.05, 0) is 41.5 Å². The van der Waals surface area contributed by atoms with E-state index >= 15 is 0 Å². The molecule has 0 spiro atoms. The molecule has 1 fully saturated rings. The van der Waals surface area contributed by atoms with Crippen molar-refractivity contribution in [3.05, 3.63) is 106 Å². The van der Waals surface area contributed by atoms with E-state index in [4.69, 9.17) is 35.4 Å². The van der Waals surface area contributed by atoms with Gasteiger partial charge in [0.15, 0.2) is 5.11 Å². The van der Waals surface area contributed by atoms with Crippen LogP contribution in [-0.2, 0) is 0 Å². The number of carbonyl (C=O) groups excluding carboxylic acids is 1. The van der Waals surface area contributed by atoms with Gasteiger partial charge in [-0.2, -0.15) is 0 Å². The van der Waals surface area contributed by atoms with Gasteiger partial charge in [-0.3, -0.25) is 15.0 Å². The Labute approximate surface area is 203 Å². The molecule has 164 valence electrons. The van der Waals surface area contributed by atoms with E-state index in [0.717, 1.165) is 26.2 Å². The van der Waals surface area contributed by atoms with Crippen LogP contribution in [0.5, 0.6) is 0 Å². The quantitative estimate of drug-likeness (QED) is 0.502. The van der Waals surface area contributed by atoms with Gasteiger partial charge in [0.25, 0.3) is 5.91 Å². The van der Waals surface area contributed by atoms with Crippen molar-refractivity contribution < 1.29 is 4.79 Å². The Morgan fingerprint density at radius 2 is 1.41 bits per heavy atom. The third-order valence-corrected chi connectivity index (χ3v) is 6.50. The first-order valence-electron chi connectivity index (χ1n) is 10.4. The fourth-order valence-corrected chi connectivity index (χ4v) is 4.75. The second-order valence-corrected chi connectivity index (χ2v) is 8.86. The van der Waals surface area contributed by atoms with Crippen LogP contribution < -0.4 is 5.32 Å². The maximum absolute atomic E-state index is 12.6. The molecular formula is C25H23Cl2N3OS. The minimum Gasteiger partial charge on any atom is -0.346 e. The average Bonchev–Trinajstić information content (AvgIpc) is 2.81. The number of hydrogen-bond acceptors (Lipinski definition) is 3. The highest BCUT2D eigenvalue weighted by atomic mass is 35.5. The van der Waals surface area contributed by atoms with Gasteiger partial charge in [-0.25, -0.2) is 0 Å². The van der Waals surface area contributed by atoms with Crippen LogP contribution in [0.15, 0.2) is 78.9 Å². The van der Waals surface area contributed by atoms with Crippen molar-refractivity contribution in [3.8, 4) is 0 Å². The summed E-state index contributed by atoms with van der Waals surface area (Å²) in [5.74, 6) is -0.328. The third kappa shape index (κ3) is 5.30. The lowest BCUT2D eigenvalue weighted by Gasteiger charge is -2.40. The second kappa shape index (κ2) is 10.5. The Morgan fingerprint density at radius 1 is 0.844 bits per heavy atom. The predicted octanol–water partition coefficient (Wildman–Crippen LogP) is 5.42. The SMILES string of the molecule is O=C(NC(=S)N1CCN(C(c2ccccc2)c2ccccc2)CC1)c1ccc(Cl)cc1Cl. The molecule has 1 amide bonds. The molecule has 1 heterocycles. The van der Waals surface area contributed by atoms with Gasteiger partial charge in [-0.1, -0.05) is 83.9 Å². The number of piperazine rings is 1. The molecule has 0 aromatic heterocycles. The van der Waals surface area contributed by atoms with Gasteiger partial charge in [-0.15, -0.1) is 0 Å². The maximum atomic E-state index is 12.6.